The predicted octanol–water partition coefficient (Wildman–Crippen LogP) is 2.83. The Balaban J connectivity index is 1.67. The first kappa shape index (κ1) is 16.5. The number of nitrogens with zero attached hydrogens (tertiary/aromatic N) is 2. The SMILES string of the molecule is C[C@@H]1CN(C(=O)CN2CCCCC[C@@H]2c2ccco2)C[C@H](C)O1. The first-order valence-corrected chi connectivity index (χ1v) is 8.84. The largest absolute Gasteiger partial charge is 0.468 e. The molecular weight excluding hydrogens is 292 g/mol. The van der Waals surface area contributed by atoms with Crippen LogP contribution in [0.4, 0.5) is 0 Å². The number of amides is 1. The summed E-state index contributed by atoms with van der Waals surface area (Å²) in [5, 5.41) is 0. The Labute approximate surface area is 138 Å². The van der Waals surface area contributed by atoms with Crippen molar-refractivity contribution in [2.24, 2.45) is 0 Å². The minimum atomic E-state index is 0.118. The van der Waals surface area contributed by atoms with Gasteiger partial charge < -0.3 is 14.1 Å². The molecule has 3 heterocycles. The van der Waals surface area contributed by atoms with E-state index in [4.69, 9.17) is 9.15 Å². The van der Waals surface area contributed by atoms with E-state index in [0.717, 1.165) is 25.1 Å². The van der Waals surface area contributed by atoms with Crippen molar-refractivity contribution in [3.63, 3.8) is 0 Å². The first-order valence-electron chi connectivity index (χ1n) is 8.84. The molecule has 3 atom stereocenters. The first-order chi connectivity index (χ1) is 11.1. The fourth-order valence-corrected chi connectivity index (χ4v) is 3.82. The van der Waals surface area contributed by atoms with E-state index in [1.165, 1.54) is 12.8 Å². The van der Waals surface area contributed by atoms with Crippen LogP contribution in [0.25, 0.3) is 0 Å². The number of rotatable bonds is 3. The molecule has 2 aliphatic rings. The summed E-state index contributed by atoms with van der Waals surface area (Å²) in [4.78, 5) is 17.0. The standard InChI is InChI=1S/C18H28N2O3/c1-14-11-20(12-15(2)23-14)18(21)13-19-9-5-3-4-7-16(19)17-8-6-10-22-17/h6,8,10,14-16H,3-5,7,9,11-13H2,1-2H3/t14-,15+,16-/m1/s1. The molecule has 128 valence electrons. The average Bonchev–Trinajstić information content (AvgIpc) is 2.94. The zero-order valence-electron chi connectivity index (χ0n) is 14.2. The Morgan fingerprint density at radius 2 is 2.00 bits per heavy atom. The lowest BCUT2D eigenvalue weighted by atomic mass is 10.1. The summed E-state index contributed by atoms with van der Waals surface area (Å²) in [5.41, 5.74) is 0. The minimum absolute atomic E-state index is 0.118. The monoisotopic (exact) mass is 320 g/mol. The molecule has 1 aromatic heterocycles. The van der Waals surface area contributed by atoms with Gasteiger partial charge in [0.1, 0.15) is 5.76 Å². The van der Waals surface area contributed by atoms with E-state index < -0.39 is 0 Å². The summed E-state index contributed by atoms with van der Waals surface area (Å²) < 4.78 is 11.4. The van der Waals surface area contributed by atoms with E-state index in [1.807, 2.05) is 30.9 Å². The molecule has 0 spiro atoms. The van der Waals surface area contributed by atoms with Gasteiger partial charge in [0.2, 0.25) is 5.91 Å². The predicted molar refractivity (Wildman–Crippen MR) is 88.1 cm³/mol. The topological polar surface area (TPSA) is 45.9 Å². The molecule has 2 aliphatic heterocycles. The minimum Gasteiger partial charge on any atom is -0.468 e. The molecule has 0 bridgehead atoms. The second kappa shape index (κ2) is 7.49. The highest BCUT2D eigenvalue weighted by atomic mass is 16.5. The van der Waals surface area contributed by atoms with Crippen molar-refractivity contribution in [3.8, 4) is 0 Å². The van der Waals surface area contributed by atoms with Gasteiger partial charge in [0.15, 0.2) is 0 Å². The van der Waals surface area contributed by atoms with Gasteiger partial charge in [0.05, 0.1) is 31.1 Å². The van der Waals surface area contributed by atoms with Crippen molar-refractivity contribution in [1.82, 2.24) is 9.80 Å². The van der Waals surface area contributed by atoms with Crippen LogP contribution in [0.1, 0.15) is 51.3 Å². The van der Waals surface area contributed by atoms with Gasteiger partial charge in [-0.25, -0.2) is 0 Å². The fourth-order valence-electron chi connectivity index (χ4n) is 3.82. The van der Waals surface area contributed by atoms with Crippen LogP contribution in [0.5, 0.6) is 0 Å². The maximum absolute atomic E-state index is 12.8. The summed E-state index contributed by atoms with van der Waals surface area (Å²) >= 11 is 0. The van der Waals surface area contributed by atoms with Crippen molar-refractivity contribution in [2.45, 2.75) is 57.8 Å². The molecule has 0 radical (unpaired) electrons. The molecule has 0 aromatic carbocycles. The quantitative estimate of drug-likeness (QED) is 0.859. The summed E-state index contributed by atoms with van der Waals surface area (Å²) in [6.07, 6.45) is 6.61. The lowest BCUT2D eigenvalue weighted by Crippen LogP contribution is -2.51. The summed E-state index contributed by atoms with van der Waals surface area (Å²) in [6.45, 7) is 6.91. The van der Waals surface area contributed by atoms with Gasteiger partial charge in [0, 0.05) is 13.1 Å². The molecule has 0 saturated carbocycles. The number of hydrogen-bond acceptors (Lipinski definition) is 4. The van der Waals surface area contributed by atoms with Gasteiger partial charge in [-0.2, -0.15) is 0 Å². The summed E-state index contributed by atoms with van der Waals surface area (Å²) in [7, 11) is 0. The molecule has 2 fully saturated rings. The van der Waals surface area contributed by atoms with Gasteiger partial charge >= 0.3 is 0 Å². The maximum Gasteiger partial charge on any atom is 0.236 e. The summed E-state index contributed by atoms with van der Waals surface area (Å²) in [6, 6.07) is 4.20. The third-order valence-corrected chi connectivity index (χ3v) is 4.85. The fraction of sp³-hybridized carbons (Fsp3) is 0.722. The van der Waals surface area contributed by atoms with Gasteiger partial charge in [-0.05, 0) is 45.4 Å². The molecule has 3 rings (SSSR count). The Morgan fingerprint density at radius 1 is 1.22 bits per heavy atom. The molecule has 1 aromatic rings. The van der Waals surface area contributed by atoms with E-state index in [2.05, 4.69) is 4.90 Å². The smallest absolute Gasteiger partial charge is 0.236 e. The Bertz CT molecular complexity index is 492. The van der Waals surface area contributed by atoms with Crippen molar-refractivity contribution in [2.75, 3.05) is 26.2 Å². The number of carbonyl (C=O) groups is 1. The third-order valence-electron chi connectivity index (χ3n) is 4.85. The molecule has 5 nitrogen and oxygen atoms in total. The van der Waals surface area contributed by atoms with E-state index >= 15 is 0 Å². The van der Waals surface area contributed by atoms with Gasteiger partial charge in [0.25, 0.3) is 0 Å². The van der Waals surface area contributed by atoms with Crippen molar-refractivity contribution in [1.29, 1.82) is 0 Å². The van der Waals surface area contributed by atoms with Crippen molar-refractivity contribution in [3.05, 3.63) is 24.2 Å². The van der Waals surface area contributed by atoms with Crippen LogP contribution in [0.15, 0.2) is 22.8 Å². The Kier molecular flexibility index (Phi) is 5.38. The average molecular weight is 320 g/mol. The molecular formula is C18H28N2O3. The molecule has 0 aliphatic carbocycles. The molecule has 0 unspecified atom stereocenters. The Hall–Kier alpha value is -1.33. The number of hydrogen-bond donors (Lipinski definition) is 0. The highest BCUT2D eigenvalue weighted by molar-refractivity contribution is 5.78. The molecule has 5 heteroatoms. The molecule has 1 amide bonds. The van der Waals surface area contributed by atoms with E-state index in [9.17, 15) is 4.79 Å². The highest BCUT2D eigenvalue weighted by Gasteiger charge is 2.30. The van der Waals surface area contributed by atoms with Crippen LogP contribution < -0.4 is 0 Å². The van der Waals surface area contributed by atoms with Crippen LogP contribution in [-0.4, -0.2) is 54.1 Å². The van der Waals surface area contributed by atoms with Crippen LogP contribution in [0.2, 0.25) is 0 Å². The van der Waals surface area contributed by atoms with E-state index in [0.29, 0.717) is 19.6 Å². The number of morpholine rings is 1. The number of furan rings is 1. The van der Waals surface area contributed by atoms with Gasteiger partial charge in [-0.15, -0.1) is 0 Å². The highest BCUT2D eigenvalue weighted by Crippen LogP contribution is 2.30. The van der Waals surface area contributed by atoms with Crippen molar-refractivity contribution < 1.29 is 13.9 Å². The van der Waals surface area contributed by atoms with E-state index in [-0.39, 0.29) is 24.2 Å². The molecule has 0 N–H and O–H groups in total. The van der Waals surface area contributed by atoms with Crippen LogP contribution >= 0.6 is 0 Å². The Morgan fingerprint density at radius 3 is 2.70 bits per heavy atom. The number of carbonyl (C=O) groups excluding carboxylic acids is 1. The third kappa shape index (κ3) is 4.15. The van der Waals surface area contributed by atoms with Crippen LogP contribution in [0, 0.1) is 0 Å². The molecule has 2 saturated heterocycles. The normalized spacial score (nSPS) is 30.2. The molecule has 23 heavy (non-hydrogen) atoms. The zero-order chi connectivity index (χ0) is 16.2. The van der Waals surface area contributed by atoms with Crippen LogP contribution in [0.3, 0.4) is 0 Å². The summed E-state index contributed by atoms with van der Waals surface area (Å²) in [5.74, 6) is 1.20. The number of ether oxygens (including phenoxy) is 1. The lowest BCUT2D eigenvalue weighted by Gasteiger charge is -2.37. The van der Waals surface area contributed by atoms with Gasteiger partial charge in [-0.1, -0.05) is 12.8 Å². The van der Waals surface area contributed by atoms with Crippen LogP contribution in [-0.2, 0) is 9.53 Å². The van der Waals surface area contributed by atoms with Gasteiger partial charge in [-0.3, -0.25) is 9.69 Å². The lowest BCUT2D eigenvalue weighted by molar-refractivity contribution is -0.145. The van der Waals surface area contributed by atoms with Crippen molar-refractivity contribution >= 4 is 5.91 Å². The van der Waals surface area contributed by atoms with E-state index in [1.54, 1.807) is 6.26 Å². The number of likely N-dealkylation sites (tertiary alicyclic amines) is 1. The maximum atomic E-state index is 12.8. The second-order valence-electron chi connectivity index (χ2n) is 6.91. The zero-order valence-corrected chi connectivity index (χ0v) is 14.2. The second-order valence-corrected chi connectivity index (χ2v) is 6.91.